The van der Waals surface area contributed by atoms with Gasteiger partial charge in [0.1, 0.15) is 0 Å². The van der Waals surface area contributed by atoms with E-state index in [0.717, 1.165) is 45.2 Å². The van der Waals surface area contributed by atoms with Gasteiger partial charge in [-0.05, 0) is 50.0 Å². The summed E-state index contributed by atoms with van der Waals surface area (Å²) in [6, 6.07) is 5.37. The lowest BCUT2D eigenvalue weighted by atomic mass is 9.97. The van der Waals surface area contributed by atoms with E-state index in [4.69, 9.17) is 9.47 Å². The average Bonchev–Trinajstić information content (AvgIpc) is 2.68. The number of methoxy groups -OCH3 is 2. The van der Waals surface area contributed by atoms with E-state index < -0.39 is 0 Å². The number of piperidine rings is 1. The number of hydrogen-bond donors (Lipinski definition) is 1. The second-order valence-corrected chi connectivity index (χ2v) is 6.86. The lowest BCUT2D eigenvalue weighted by molar-refractivity contribution is 0.0608. The molecule has 2 aliphatic heterocycles. The molecule has 2 fully saturated rings. The van der Waals surface area contributed by atoms with Crippen molar-refractivity contribution in [3.63, 3.8) is 0 Å². The minimum atomic E-state index is 0.0717. The first-order valence-corrected chi connectivity index (χ1v) is 9.15. The first kappa shape index (κ1) is 18.0. The van der Waals surface area contributed by atoms with Crippen molar-refractivity contribution in [2.75, 3.05) is 60.0 Å². The van der Waals surface area contributed by atoms with E-state index >= 15 is 0 Å². The van der Waals surface area contributed by atoms with Gasteiger partial charge >= 0.3 is 0 Å². The topological polar surface area (TPSA) is 54.0 Å². The number of piperazine rings is 1. The van der Waals surface area contributed by atoms with Crippen molar-refractivity contribution in [3.05, 3.63) is 23.8 Å². The molecule has 1 aromatic carbocycles. The van der Waals surface area contributed by atoms with Crippen LogP contribution in [0.1, 0.15) is 23.2 Å². The standard InChI is InChI=1S/C19H29N3O3/c1-24-17-4-3-16(13-18(17)25-2)19(23)22-11-9-21(10-12-22)14-15-5-7-20-8-6-15/h3-4,13,15,20H,5-12,14H2,1-2H3. The smallest absolute Gasteiger partial charge is 0.254 e. The largest absolute Gasteiger partial charge is 0.493 e. The zero-order valence-corrected chi connectivity index (χ0v) is 15.3. The van der Waals surface area contributed by atoms with E-state index in [2.05, 4.69) is 10.2 Å². The molecule has 0 spiro atoms. The zero-order chi connectivity index (χ0) is 17.6. The summed E-state index contributed by atoms with van der Waals surface area (Å²) in [5.74, 6) is 2.11. The molecule has 0 unspecified atom stereocenters. The number of amides is 1. The normalized spacial score (nSPS) is 19.7. The Morgan fingerprint density at radius 3 is 2.40 bits per heavy atom. The van der Waals surface area contributed by atoms with Crippen molar-refractivity contribution < 1.29 is 14.3 Å². The summed E-state index contributed by atoms with van der Waals surface area (Å²) >= 11 is 0. The number of benzene rings is 1. The van der Waals surface area contributed by atoms with Gasteiger partial charge in [0.05, 0.1) is 14.2 Å². The number of nitrogens with one attached hydrogen (secondary N) is 1. The van der Waals surface area contributed by atoms with Crippen LogP contribution in [0.2, 0.25) is 0 Å². The second kappa shape index (κ2) is 8.54. The lowest BCUT2D eigenvalue weighted by Gasteiger charge is -2.37. The van der Waals surface area contributed by atoms with Crippen molar-refractivity contribution >= 4 is 5.91 Å². The van der Waals surface area contributed by atoms with Crippen LogP contribution in [0.5, 0.6) is 11.5 Å². The van der Waals surface area contributed by atoms with Crippen molar-refractivity contribution in [3.8, 4) is 11.5 Å². The van der Waals surface area contributed by atoms with Crippen LogP contribution < -0.4 is 14.8 Å². The van der Waals surface area contributed by atoms with E-state index in [9.17, 15) is 4.79 Å². The third kappa shape index (κ3) is 4.44. The summed E-state index contributed by atoms with van der Waals surface area (Å²) in [4.78, 5) is 17.2. The highest BCUT2D eigenvalue weighted by molar-refractivity contribution is 5.95. The highest BCUT2D eigenvalue weighted by Gasteiger charge is 2.25. The van der Waals surface area contributed by atoms with Gasteiger partial charge < -0.3 is 19.7 Å². The summed E-state index contributed by atoms with van der Waals surface area (Å²) in [6.07, 6.45) is 2.54. The van der Waals surface area contributed by atoms with E-state index in [1.54, 1.807) is 26.4 Å². The molecule has 6 nitrogen and oxygen atoms in total. The summed E-state index contributed by atoms with van der Waals surface area (Å²) in [7, 11) is 3.19. The van der Waals surface area contributed by atoms with Crippen LogP contribution in [-0.4, -0.2) is 75.7 Å². The monoisotopic (exact) mass is 347 g/mol. The second-order valence-electron chi connectivity index (χ2n) is 6.86. The van der Waals surface area contributed by atoms with E-state index in [-0.39, 0.29) is 5.91 Å². The summed E-state index contributed by atoms with van der Waals surface area (Å²) < 4.78 is 10.5. The lowest BCUT2D eigenvalue weighted by Crippen LogP contribution is -2.50. The van der Waals surface area contributed by atoms with Gasteiger partial charge in [0.25, 0.3) is 5.91 Å². The van der Waals surface area contributed by atoms with Crippen molar-refractivity contribution in [2.45, 2.75) is 12.8 Å². The highest BCUT2D eigenvalue weighted by atomic mass is 16.5. The Bertz CT molecular complexity index is 579. The van der Waals surface area contributed by atoms with E-state index in [1.165, 1.54) is 19.4 Å². The van der Waals surface area contributed by atoms with Gasteiger partial charge in [-0.3, -0.25) is 9.69 Å². The number of carbonyl (C=O) groups is 1. The predicted molar refractivity (Wildman–Crippen MR) is 97.5 cm³/mol. The first-order valence-electron chi connectivity index (χ1n) is 9.15. The molecule has 0 aliphatic carbocycles. The van der Waals surface area contributed by atoms with E-state index in [1.807, 2.05) is 11.0 Å². The number of nitrogens with zero attached hydrogens (tertiary/aromatic N) is 2. The molecule has 0 aromatic heterocycles. The van der Waals surface area contributed by atoms with Gasteiger partial charge in [-0.15, -0.1) is 0 Å². The third-order valence-electron chi connectivity index (χ3n) is 5.27. The maximum atomic E-state index is 12.8. The number of hydrogen-bond acceptors (Lipinski definition) is 5. The molecule has 0 saturated carbocycles. The van der Waals surface area contributed by atoms with Gasteiger partial charge in [0.2, 0.25) is 0 Å². The predicted octanol–water partition coefficient (Wildman–Crippen LogP) is 1.46. The number of rotatable bonds is 5. The molecule has 138 valence electrons. The van der Waals surface area contributed by atoms with Crippen LogP contribution in [0.15, 0.2) is 18.2 Å². The molecule has 0 radical (unpaired) electrons. The summed E-state index contributed by atoms with van der Waals surface area (Å²) in [6.45, 7) is 6.95. The van der Waals surface area contributed by atoms with Crippen LogP contribution in [0, 0.1) is 5.92 Å². The Morgan fingerprint density at radius 2 is 1.76 bits per heavy atom. The molecule has 25 heavy (non-hydrogen) atoms. The fraction of sp³-hybridized carbons (Fsp3) is 0.632. The molecule has 3 rings (SSSR count). The Balaban J connectivity index is 1.54. The summed E-state index contributed by atoms with van der Waals surface area (Å²) in [5, 5.41) is 3.42. The molecule has 1 aromatic rings. The zero-order valence-electron chi connectivity index (χ0n) is 15.3. The van der Waals surface area contributed by atoms with Gasteiger partial charge in [0, 0.05) is 38.3 Å². The van der Waals surface area contributed by atoms with Gasteiger partial charge in [0.15, 0.2) is 11.5 Å². The molecule has 1 N–H and O–H groups in total. The van der Waals surface area contributed by atoms with Crippen molar-refractivity contribution in [2.24, 2.45) is 5.92 Å². The maximum Gasteiger partial charge on any atom is 0.254 e. The Hall–Kier alpha value is -1.79. The van der Waals surface area contributed by atoms with Gasteiger partial charge in [-0.1, -0.05) is 0 Å². The highest BCUT2D eigenvalue weighted by Crippen LogP contribution is 2.28. The fourth-order valence-corrected chi connectivity index (χ4v) is 3.71. The minimum Gasteiger partial charge on any atom is -0.493 e. The Kier molecular flexibility index (Phi) is 6.15. The molecule has 2 heterocycles. The van der Waals surface area contributed by atoms with Crippen LogP contribution in [0.3, 0.4) is 0 Å². The van der Waals surface area contributed by atoms with Crippen LogP contribution in [0.4, 0.5) is 0 Å². The quantitative estimate of drug-likeness (QED) is 0.874. The first-order chi connectivity index (χ1) is 12.2. The average molecular weight is 347 g/mol. The molecule has 2 aliphatic rings. The fourth-order valence-electron chi connectivity index (χ4n) is 3.71. The van der Waals surface area contributed by atoms with Crippen molar-refractivity contribution in [1.82, 2.24) is 15.1 Å². The van der Waals surface area contributed by atoms with Crippen LogP contribution in [0.25, 0.3) is 0 Å². The molecule has 0 atom stereocenters. The minimum absolute atomic E-state index is 0.0717. The number of ether oxygens (including phenoxy) is 2. The molecule has 2 saturated heterocycles. The van der Waals surface area contributed by atoms with Gasteiger partial charge in [-0.25, -0.2) is 0 Å². The summed E-state index contributed by atoms with van der Waals surface area (Å²) in [5.41, 5.74) is 0.657. The molecular weight excluding hydrogens is 318 g/mol. The molecular formula is C19H29N3O3. The number of carbonyl (C=O) groups excluding carboxylic acids is 1. The van der Waals surface area contributed by atoms with E-state index in [0.29, 0.717) is 17.1 Å². The Labute approximate surface area is 150 Å². The maximum absolute atomic E-state index is 12.8. The third-order valence-corrected chi connectivity index (χ3v) is 5.27. The molecule has 6 heteroatoms. The SMILES string of the molecule is COc1ccc(C(=O)N2CCN(CC3CCNCC3)CC2)cc1OC. The molecule has 0 bridgehead atoms. The van der Waals surface area contributed by atoms with Crippen LogP contribution in [-0.2, 0) is 0 Å². The Morgan fingerprint density at radius 1 is 1.08 bits per heavy atom. The van der Waals surface area contributed by atoms with Crippen molar-refractivity contribution in [1.29, 1.82) is 0 Å². The van der Waals surface area contributed by atoms with Crippen LogP contribution >= 0.6 is 0 Å². The van der Waals surface area contributed by atoms with Gasteiger partial charge in [-0.2, -0.15) is 0 Å². The molecule has 1 amide bonds.